The molecule has 0 aromatic carbocycles. The van der Waals surface area contributed by atoms with Gasteiger partial charge in [0, 0.05) is 70.5 Å². The molecule has 1 aromatic rings. The third kappa shape index (κ3) is 6.16. The summed E-state index contributed by atoms with van der Waals surface area (Å²) >= 11 is 0. The zero-order chi connectivity index (χ0) is 25.8. The number of amides is 3. The van der Waals surface area contributed by atoms with Crippen molar-refractivity contribution < 1.29 is 24.8 Å². The lowest BCUT2D eigenvalue weighted by molar-refractivity contribution is -0.595. The SMILES string of the molecule is CC(=O)N1CCN(CCN2C3CCC2CC(NC(=O)/C(C(=O)[NH2+]C(C)C)=C(\O)c2ccc[nH]2)C3)CC1. The summed E-state index contributed by atoms with van der Waals surface area (Å²) in [6, 6.07) is 4.12. The largest absolute Gasteiger partial charge is 0.505 e. The van der Waals surface area contributed by atoms with E-state index in [1.165, 1.54) is 5.32 Å². The average molecular weight is 502 g/mol. The number of aromatic amines is 1. The van der Waals surface area contributed by atoms with Crippen molar-refractivity contribution in [3.05, 3.63) is 29.6 Å². The number of nitrogens with zero attached hydrogens (tertiary/aromatic N) is 3. The van der Waals surface area contributed by atoms with Gasteiger partial charge in [0.05, 0.1) is 11.7 Å². The molecule has 0 saturated carbocycles. The van der Waals surface area contributed by atoms with Gasteiger partial charge in [-0.15, -0.1) is 0 Å². The predicted molar refractivity (Wildman–Crippen MR) is 136 cm³/mol. The Bertz CT molecular complexity index is 953. The van der Waals surface area contributed by atoms with E-state index in [0.717, 1.165) is 65.0 Å². The van der Waals surface area contributed by atoms with Crippen molar-refractivity contribution in [3.63, 3.8) is 0 Å². The van der Waals surface area contributed by atoms with Gasteiger partial charge in [-0.25, -0.2) is 4.79 Å². The van der Waals surface area contributed by atoms with E-state index in [-0.39, 0.29) is 29.3 Å². The number of aliphatic hydroxyl groups is 1. The number of aromatic nitrogens is 1. The highest BCUT2D eigenvalue weighted by Gasteiger charge is 2.42. The van der Waals surface area contributed by atoms with Gasteiger partial charge in [-0.3, -0.25) is 24.7 Å². The van der Waals surface area contributed by atoms with E-state index in [4.69, 9.17) is 0 Å². The average Bonchev–Trinajstić information content (AvgIpc) is 3.44. The van der Waals surface area contributed by atoms with E-state index >= 15 is 0 Å². The van der Waals surface area contributed by atoms with Crippen molar-refractivity contribution in [2.45, 2.75) is 70.6 Å². The molecule has 3 fully saturated rings. The predicted octanol–water partition coefficient (Wildman–Crippen LogP) is 0.0579. The second-order valence-corrected chi connectivity index (χ2v) is 10.7. The third-order valence-corrected chi connectivity index (χ3v) is 7.76. The summed E-state index contributed by atoms with van der Waals surface area (Å²) in [5, 5.41) is 15.3. The first kappa shape index (κ1) is 26.4. The van der Waals surface area contributed by atoms with Crippen molar-refractivity contribution in [1.82, 2.24) is 25.0 Å². The second-order valence-electron chi connectivity index (χ2n) is 10.7. The summed E-state index contributed by atoms with van der Waals surface area (Å²) in [4.78, 5) is 47.5. The monoisotopic (exact) mass is 501 g/mol. The lowest BCUT2D eigenvalue weighted by atomic mass is 9.96. The minimum Gasteiger partial charge on any atom is -0.505 e. The molecule has 0 radical (unpaired) electrons. The first-order valence-electron chi connectivity index (χ1n) is 13.2. The van der Waals surface area contributed by atoms with E-state index < -0.39 is 11.8 Å². The Kier molecular flexibility index (Phi) is 8.48. The van der Waals surface area contributed by atoms with Gasteiger partial charge >= 0.3 is 5.91 Å². The molecule has 3 aliphatic heterocycles. The fraction of sp³-hybridized carbons (Fsp3) is 0.654. The molecule has 4 rings (SSSR count). The van der Waals surface area contributed by atoms with Gasteiger partial charge in [0.25, 0.3) is 5.91 Å². The highest BCUT2D eigenvalue weighted by molar-refractivity contribution is 6.19. The minimum atomic E-state index is -0.509. The molecular formula is C26H41N6O4+. The van der Waals surface area contributed by atoms with Crippen LogP contribution in [0.15, 0.2) is 23.9 Å². The van der Waals surface area contributed by atoms with Gasteiger partial charge in [0.2, 0.25) is 5.91 Å². The fourth-order valence-corrected chi connectivity index (χ4v) is 5.89. The van der Waals surface area contributed by atoms with Gasteiger partial charge in [-0.05, 0) is 51.7 Å². The number of primary amides is 1. The van der Waals surface area contributed by atoms with Crippen molar-refractivity contribution in [3.8, 4) is 0 Å². The van der Waals surface area contributed by atoms with Crippen molar-refractivity contribution >= 4 is 23.5 Å². The number of carbonyl (C=O) groups excluding carboxylic acids is 3. The Morgan fingerprint density at radius 3 is 2.33 bits per heavy atom. The number of hydrogen-bond donors (Lipinski definition) is 4. The zero-order valence-corrected chi connectivity index (χ0v) is 21.7. The molecule has 2 unspecified atom stereocenters. The molecule has 2 atom stereocenters. The molecule has 10 nitrogen and oxygen atoms in total. The number of nitrogens with two attached hydrogens (primary N) is 1. The summed E-state index contributed by atoms with van der Waals surface area (Å²) < 4.78 is 0. The van der Waals surface area contributed by atoms with Gasteiger partial charge in [-0.1, -0.05) is 0 Å². The van der Waals surface area contributed by atoms with E-state index in [2.05, 4.69) is 20.1 Å². The van der Waals surface area contributed by atoms with Crippen LogP contribution in [0.2, 0.25) is 0 Å². The number of quaternary nitrogens is 1. The highest BCUT2D eigenvalue weighted by atomic mass is 16.3. The van der Waals surface area contributed by atoms with Crippen LogP contribution in [0.1, 0.15) is 52.1 Å². The van der Waals surface area contributed by atoms with E-state index in [9.17, 15) is 19.5 Å². The standard InChI is InChI=1S/C26H40N6O4/c1-17(2)28-25(35)23(24(34)22-5-4-8-27-22)26(36)29-19-15-20-6-7-21(16-19)32(20)14-11-30-9-12-31(13-10-30)18(3)33/h4-5,8,17,19-21,27,34H,6-7,9-16H2,1-3H3,(H,28,35)(H,29,36)/p+1/b24-23-. The molecule has 198 valence electrons. The topological polar surface area (TPSA) is 126 Å². The summed E-state index contributed by atoms with van der Waals surface area (Å²) in [5.41, 5.74) is 0.148. The summed E-state index contributed by atoms with van der Waals surface area (Å²) in [5.74, 6) is -1.13. The molecule has 0 spiro atoms. The van der Waals surface area contributed by atoms with Crippen LogP contribution in [-0.4, -0.2) is 106 Å². The molecular weight excluding hydrogens is 460 g/mol. The van der Waals surface area contributed by atoms with E-state index in [1.807, 2.05) is 18.7 Å². The summed E-state index contributed by atoms with van der Waals surface area (Å²) in [7, 11) is 0. The number of aliphatic hydroxyl groups excluding tert-OH is 1. The quantitative estimate of drug-likeness (QED) is 0.173. The Morgan fingerprint density at radius 2 is 1.78 bits per heavy atom. The second kappa shape index (κ2) is 11.6. The first-order chi connectivity index (χ1) is 17.2. The molecule has 5 N–H and O–H groups in total. The Balaban J connectivity index is 1.34. The molecule has 10 heteroatoms. The molecule has 4 heterocycles. The first-order valence-corrected chi connectivity index (χ1v) is 13.2. The molecule has 3 saturated heterocycles. The zero-order valence-electron chi connectivity index (χ0n) is 21.7. The number of carbonyl (C=O) groups is 3. The maximum atomic E-state index is 13.3. The van der Waals surface area contributed by atoms with Gasteiger partial charge in [0.1, 0.15) is 0 Å². The Labute approximate surface area is 213 Å². The van der Waals surface area contributed by atoms with Gasteiger partial charge < -0.3 is 20.3 Å². The molecule has 3 amide bonds. The van der Waals surface area contributed by atoms with Gasteiger partial charge in [-0.2, -0.15) is 0 Å². The fourth-order valence-electron chi connectivity index (χ4n) is 5.89. The Hall–Kier alpha value is -2.69. The number of H-pyrrole nitrogens is 1. The molecule has 3 aliphatic rings. The lowest BCUT2D eigenvalue weighted by Crippen LogP contribution is -2.92. The molecule has 0 aliphatic carbocycles. The molecule has 1 aromatic heterocycles. The van der Waals surface area contributed by atoms with Crippen LogP contribution in [0.4, 0.5) is 0 Å². The summed E-state index contributed by atoms with van der Waals surface area (Å²) in [6.45, 7) is 10.8. The highest BCUT2D eigenvalue weighted by Crippen LogP contribution is 2.35. The van der Waals surface area contributed by atoms with E-state index in [1.54, 1.807) is 25.3 Å². The van der Waals surface area contributed by atoms with Crippen LogP contribution < -0.4 is 10.6 Å². The van der Waals surface area contributed by atoms with E-state index in [0.29, 0.717) is 17.8 Å². The van der Waals surface area contributed by atoms with Crippen LogP contribution in [0.3, 0.4) is 0 Å². The van der Waals surface area contributed by atoms with Crippen LogP contribution in [0, 0.1) is 0 Å². The number of piperazine rings is 1. The Morgan fingerprint density at radius 1 is 1.11 bits per heavy atom. The number of nitrogens with one attached hydrogen (secondary N) is 2. The summed E-state index contributed by atoms with van der Waals surface area (Å²) in [6.07, 6.45) is 5.57. The third-order valence-electron chi connectivity index (χ3n) is 7.76. The lowest BCUT2D eigenvalue weighted by Gasteiger charge is -2.41. The maximum Gasteiger partial charge on any atom is 0.352 e. The number of fused-ring (bicyclic) bond motifs is 2. The van der Waals surface area contributed by atoms with Crippen LogP contribution in [-0.2, 0) is 14.4 Å². The normalized spacial score (nSPS) is 25.7. The van der Waals surface area contributed by atoms with Crippen LogP contribution >= 0.6 is 0 Å². The maximum absolute atomic E-state index is 13.3. The number of hydrogen-bond acceptors (Lipinski definition) is 6. The molecule has 36 heavy (non-hydrogen) atoms. The van der Waals surface area contributed by atoms with Crippen molar-refractivity contribution in [1.29, 1.82) is 0 Å². The smallest absolute Gasteiger partial charge is 0.352 e. The minimum absolute atomic E-state index is 0.0244. The van der Waals surface area contributed by atoms with Crippen LogP contribution in [0.25, 0.3) is 5.76 Å². The van der Waals surface area contributed by atoms with Crippen LogP contribution in [0.5, 0.6) is 0 Å². The van der Waals surface area contributed by atoms with Gasteiger partial charge in [0.15, 0.2) is 11.3 Å². The van der Waals surface area contributed by atoms with Crippen molar-refractivity contribution in [2.24, 2.45) is 0 Å². The molecule has 2 bridgehead atoms. The number of rotatable bonds is 8. The van der Waals surface area contributed by atoms with Crippen molar-refractivity contribution in [2.75, 3.05) is 39.3 Å². The number of piperidine rings is 1.